The van der Waals surface area contributed by atoms with Gasteiger partial charge in [-0.25, -0.2) is 9.67 Å². The Kier molecular flexibility index (Phi) is 4.37. The molecular weight excluding hydrogens is 212 g/mol. The van der Waals surface area contributed by atoms with Crippen molar-refractivity contribution in [2.75, 3.05) is 0 Å². The average Bonchev–Trinajstić information content (AvgIpc) is 2.68. The fourth-order valence-electron chi connectivity index (χ4n) is 1.11. The van der Waals surface area contributed by atoms with E-state index in [2.05, 4.69) is 55.9 Å². The summed E-state index contributed by atoms with van der Waals surface area (Å²) in [5.74, 6) is 2.10. The molecule has 0 saturated heterocycles. The molecule has 0 radical (unpaired) electrons. The van der Waals surface area contributed by atoms with Crippen molar-refractivity contribution in [2.45, 2.75) is 33.6 Å². The maximum absolute atomic E-state index is 4.40. The van der Waals surface area contributed by atoms with Crippen LogP contribution in [-0.4, -0.2) is 21.0 Å². The number of nitrogens with zero attached hydrogens (tertiary/aromatic N) is 4. The van der Waals surface area contributed by atoms with Gasteiger partial charge in [0.2, 0.25) is 0 Å². The van der Waals surface area contributed by atoms with Gasteiger partial charge < -0.3 is 0 Å². The molecule has 0 saturated carbocycles. The van der Waals surface area contributed by atoms with E-state index < -0.39 is 0 Å². The SMILES string of the molecule is C=Cn1nc(C(C)C)nc1C=NC(=C)C(C)C. The first-order valence-corrected chi connectivity index (χ1v) is 5.77. The minimum absolute atomic E-state index is 0.289. The number of aliphatic imine (C=N–C) groups is 1. The number of hydrogen-bond donors (Lipinski definition) is 0. The third kappa shape index (κ3) is 3.37. The second-order valence-corrected chi connectivity index (χ2v) is 4.51. The highest BCUT2D eigenvalue weighted by Gasteiger charge is 2.09. The van der Waals surface area contributed by atoms with Crippen LogP contribution in [0.2, 0.25) is 0 Å². The van der Waals surface area contributed by atoms with E-state index in [0.29, 0.717) is 11.7 Å². The van der Waals surface area contributed by atoms with Crippen molar-refractivity contribution < 1.29 is 0 Å². The third-order valence-electron chi connectivity index (χ3n) is 2.38. The van der Waals surface area contributed by atoms with Gasteiger partial charge in [-0.15, -0.1) is 0 Å². The number of rotatable bonds is 5. The predicted molar refractivity (Wildman–Crippen MR) is 72.1 cm³/mol. The van der Waals surface area contributed by atoms with Crippen molar-refractivity contribution >= 4 is 12.4 Å². The van der Waals surface area contributed by atoms with Gasteiger partial charge in [0.25, 0.3) is 0 Å². The Morgan fingerprint density at radius 2 is 2.00 bits per heavy atom. The Hall–Kier alpha value is -1.71. The Labute approximate surface area is 103 Å². The Morgan fingerprint density at radius 1 is 1.35 bits per heavy atom. The zero-order valence-electron chi connectivity index (χ0n) is 11.0. The van der Waals surface area contributed by atoms with E-state index in [1.54, 1.807) is 17.1 Å². The van der Waals surface area contributed by atoms with Gasteiger partial charge in [-0.05, 0) is 5.92 Å². The molecule has 0 N–H and O–H groups in total. The van der Waals surface area contributed by atoms with Gasteiger partial charge in [-0.1, -0.05) is 40.9 Å². The predicted octanol–water partition coefficient (Wildman–Crippen LogP) is 3.09. The lowest BCUT2D eigenvalue weighted by molar-refractivity contribution is 0.762. The quantitative estimate of drug-likeness (QED) is 0.732. The number of allylic oxidation sites excluding steroid dienone is 1. The largest absolute Gasteiger partial charge is 0.258 e. The van der Waals surface area contributed by atoms with Crippen LogP contribution >= 0.6 is 0 Å². The van der Waals surface area contributed by atoms with Crippen LogP contribution in [-0.2, 0) is 0 Å². The average molecular weight is 232 g/mol. The van der Waals surface area contributed by atoms with Crippen LogP contribution < -0.4 is 0 Å². The molecule has 0 aliphatic heterocycles. The maximum Gasteiger partial charge on any atom is 0.173 e. The Bertz CT molecular complexity index is 438. The summed E-state index contributed by atoms with van der Waals surface area (Å²) in [6, 6.07) is 0. The molecule has 0 amide bonds. The van der Waals surface area contributed by atoms with Gasteiger partial charge in [-0.3, -0.25) is 4.99 Å². The first kappa shape index (κ1) is 13.4. The van der Waals surface area contributed by atoms with Crippen LogP contribution in [0.15, 0.2) is 23.8 Å². The molecule has 1 rings (SSSR count). The van der Waals surface area contributed by atoms with Crippen molar-refractivity contribution in [3.8, 4) is 0 Å². The maximum atomic E-state index is 4.40. The molecule has 1 aromatic heterocycles. The lowest BCUT2D eigenvalue weighted by Crippen LogP contribution is -1.97. The molecule has 0 aliphatic carbocycles. The molecule has 0 fully saturated rings. The highest BCUT2D eigenvalue weighted by Crippen LogP contribution is 2.11. The van der Waals surface area contributed by atoms with E-state index in [1.165, 1.54) is 0 Å². The monoisotopic (exact) mass is 232 g/mol. The molecule has 1 heterocycles. The standard InChI is InChI=1S/C13H20N4/c1-7-17-12(8-14-11(6)9(2)3)15-13(16-17)10(4)5/h7-10H,1,6H2,2-5H3. The molecule has 0 aliphatic rings. The van der Waals surface area contributed by atoms with Gasteiger partial charge in [0.15, 0.2) is 11.6 Å². The summed E-state index contributed by atoms with van der Waals surface area (Å²) in [6.07, 6.45) is 3.31. The lowest BCUT2D eigenvalue weighted by atomic mass is 10.2. The van der Waals surface area contributed by atoms with E-state index in [9.17, 15) is 0 Å². The molecule has 92 valence electrons. The first-order valence-electron chi connectivity index (χ1n) is 5.77. The minimum atomic E-state index is 0.289. The van der Waals surface area contributed by atoms with Crippen molar-refractivity contribution in [1.82, 2.24) is 14.8 Å². The van der Waals surface area contributed by atoms with Gasteiger partial charge in [0.05, 0.1) is 6.21 Å². The second-order valence-electron chi connectivity index (χ2n) is 4.51. The molecule has 1 aromatic rings. The number of hydrogen-bond acceptors (Lipinski definition) is 3. The lowest BCUT2D eigenvalue weighted by Gasteiger charge is -2.01. The normalized spacial score (nSPS) is 11.6. The Balaban J connectivity index is 2.97. The summed E-state index contributed by atoms with van der Waals surface area (Å²) in [7, 11) is 0. The van der Waals surface area contributed by atoms with Crippen LogP contribution in [0.4, 0.5) is 0 Å². The molecule has 17 heavy (non-hydrogen) atoms. The molecule has 4 heteroatoms. The molecule has 0 atom stereocenters. The fourth-order valence-corrected chi connectivity index (χ4v) is 1.11. The van der Waals surface area contributed by atoms with E-state index in [4.69, 9.17) is 0 Å². The smallest absolute Gasteiger partial charge is 0.173 e. The topological polar surface area (TPSA) is 43.1 Å². The van der Waals surface area contributed by atoms with Crippen LogP contribution in [0, 0.1) is 5.92 Å². The zero-order valence-corrected chi connectivity index (χ0v) is 11.0. The summed E-state index contributed by atoms with van der Waals surface area (Å²) in [6.45, 7) is 15.8. The highest BCUT2D eigenvalue weighted by molar-refractivity contribution is 5.76. The summed E-state index contributed by atoms with van der Waals surface area (Å²) in [5.41, 5.74) is 0.828. The summed E-state index contributed by atoms with van der Waals surface area (Å²) >= 11 is 0. The Morgan fingerprint density at radius 3 is 2.47 bits per heavy atom. The molecule has 0 aromatic carbocycles. The summed E-state index contributed by atoms with van der Waals surface area (Å²) in [4.78, 5) is 8.69. The van der Waals surface area contributed by atoms with Gasteiger partial charge in [0, 0.05) is 17.8 Å². The summed E-state index contributed by atoms with van der Waals surface area (Å²) < 4.78 is 1.63. The number of aromatic nitrogens is 3. The molecule has 0 spiro atoms. The second kappa shape index (κ2) is 5.57. The third-order valence-corrected chi connectivity index (χ3v) is 2.38. The minimum Gasteiger partial charge on any atom is -0.258 e. The van der Waals surface area contributed by atoms with Crippen LogP contribution in [0.3, 0.4) is 0 Å². The van der Waals surface area contributed by atoms with Crippen molar-refractivity contribution in [1.29, 1.82) is 0 Å². The van der Waals surface area contributed by atoms with Gasteiger partial charge >= 0.3 is 0 Å². The van der Waals surface area contributed by atoms with Crippen LogP contribution in [0.5, 0.6) is 0 Å². The molecule has 0 unspecified atom stereocenters. The zero-order chi connectivity index (χ0) is 13.0. The van der Waals surface area contributed by atoms with Crippen molar-refractivity contribution in [3.63, 3.8) is 0 Å². The van der Waals surface area contributed by atoms with Crippen LogP contribution in [0.1, 0.15) is 45.3 Å². The molecular formula is C13H20N4. The molecule has 4 nitrogen and oxygen atoms in total. The fraction of sp³-hybridized carbons (Fsp3) is 0.462. The first-order chi connectivity index (χ1) is 7.95. The molecule has 0 bridgehead atoms. The highest BCUT2D eigenvalue weighted by atomic mass is 15.3. The van der Waals surface area contributed by atoms with Crippen LogP contribution in [0.25, 0.3) is 6.20 Å². The summed E-state index contributed by atoms with van der Waals surface area (Å²) in [5, 5.41) is 4.32. The van der Waals surface area contributed by atoms with E-state index in [1.807, 2.05) is 0 Å². The van der Waals surface area contributed by atoms with E-state index >= 15 is 0 Å². The van der Waals surface area contributed by atoms with Gasteiger partial charge in [0.1, 0.15) is 0 Å². The van der Waals surface area contributed by atoms with E-state index in [0.717, 1.165) is 11.5 Å². The van der Waals surface area contributed by atoms with Crippen molar-refractivity contribution in [3.05, 3.63) is 30.5 Å². The van der Waals surface area contributed by atoms with Crippen molar-refractivity contribution in [2.24, 2.45) is 10.9 Å². The van der Waals surface area contributed by atoms with E-state index in [-0.39, 0.29) is 5.92 Å². The van der Waals surface area contributed by atoms with Gasteiger partial charge in [-0.2, -0.15) is 5.10 Å².